The van der Waals surface area contributed by atoms with Gasteiger partial charge in [-0.1, -0.05) is 18.2 Å². The van der Waals surface area contributed by atoms with Crippen molar-refractivity contribution in [2.45, 2.75) is 6.92 Å². The molecular formula is C27H21N3O4. The van der Waals surface area contributed by atoms with Gasteiger partial charge in [0.2, 0.25) is 0 Å². The van der Waals surface area contributed by atoms with E-state index < -0.39 is 11.5 Å². The molecule has 0 atom stereocenters. The highest BCUT2D eigenvalue weighted by Crippen LogP contribution is 2.33. The minimum Gasteiger partial charge on any atom is -0.496 e. The van der Waals surface area contributed by atoms with E-state index in [1.165, 1.54) is 0 Å². The Hall–Kier alpha value is -4.65. The third kappa shape index (κ3) is 4.06. The van der Waals surface area contributed by atoms with Crippen molar-refractivity contribution in [3.05, 3.63) is 100 Å². The predicted molar refractivity (Wildman–Crippen MR) is 132 cm³/mol. The third-order valence-corrected chi connectivity index (χ3v) is 5.56. The summed E-state index contributed by atoms with van der Waals surface area (Å²) >= 11 is 0. The van der Waals surface area contributed by atoms with Crippen LogP contribution in [0.5, 0.6) is 17.2 Å². The number of hydrogen-bond donors (Lipinski definition) is 2. The standard InChI is InChI=1S/C27H21N3O4/c1-16-13-23-20(15-25(16)33-2)24(11-12-28-23)34-19-9-7-18(8-10-19)29-26(31)21-14-17-5-3-4-6-22(17)30-27(21)32/h3-15H,1-2H3,(H,29,31)(H,30,32). The molecule has 0 bridgehead atoms. The van der Waals surface area contributed by atoms with Gasteiger partial charge in [0.1, 0.15) is 22.8 Å². The predicted octanol–water partition coefficient (Wildman–Crippen LogP) is 5.44. The molecule has 7 heteroatoms. The van der Waals surface area contributed by atoms with Gasteiger partial charge in [0.25, 0.3) is 11.5 Å². The number of carbonyl (C=O) groups excluding carboxylic acids is 1. The summed E-state index contributed by atoms with van der Waals surface area (Å²) in [5, 5.41) is 4.38. The average molecular weight is 451 g/mol. The van der Waals surface area contributed by atoms with Crippen molar-refractivity contribution < 1.29 is 14.3 Å². The fourth-order valence-electron chi connectivity index (χ4n) is 3.81. The quantitative estimate of drug-likeness (QED) is 0.371. The number of H-pyrrole nitrogens is 1. The largest absolute Gasteiger partial charge is 0.496 e. The first-order valence-electron chi connectivity index (χ1n) is 10.7. The number of para-hydroxylation sites is 1. The van der Waals surface area contributed by atoms with E-state index >= 15 is 0 Å². The number of aryl methyl sites for hydroxylation is 1. The number of pyridine rings is 2. The van der Waals surface area contributed by atoms with Gasteiger partial charge in [0, 0.05) is 22.8 Å². The Bertz CT molecular complexity index is 1590. The molecule has 2 N–H and O–H groups in total. The molecular weight excluding hydrogens is 430 g/mol. The van der Waals surface area contributed by atoms with E-state index in [0.29, 0.717) is 22.7 Å². The molecule has 1 amide bonds. The number of aromatic amines is 1. The maximum Gasteiger partial charge on any atom is 0.261 e. The Morgan fingerprint density at radius 3 is 2.56 bits per heavy atom. The summed E-state index contributed by atoms with van der Waals surface area (Å²) in [6.45, 7) is 1.96. The molecule has 5 rings (SSSR count). The summed E-state index contributed by atoms with van der Waals surface area (Å²) in [5.74, 6) is 1.51. The monoisotopic (exact) mass is 451 g/mol. The molecule has 0 aliphatic rings. The number of amides is 1. The highest BCUT2D eigenvalue weighted by Gasteiger charge is 2.13. The van der Waals surface area contributed by atoms with E-state index in [9.17, 15) is 9.59 Å². The van der Waals surface area contributed by atoms with Crippen LogP contribution in [0.3, 0.4) is 0 Å². The number of methoxy groups -OCH3 is 1. The first-order valence-corrected chi connectivity index (χ1v) is 10.7. The highest BCUT2D eigenvalue weighted by molar-refractivity contribution is 6.05. The molecule has 0 saturated heterocycles. The van der Waals surface area contributed by atoms with Gasteiger partial charge in [-0.25, -0.2) is 0 Å². The van der Waals surface area contributed by atoms with Crippen LogP contribution in [0.2, 0.25) is 0 Å². The zero-order chi connectivity index (χ0) is 23.7. The van der Waals surface area contributed by atoms with Gasteiger partial charge in [0.05, 0.1) is 12.6 Å². The second-order valence-electron chi connectivity index (χ2n) is 7.83. The molecule has 7 nitrogen and oxygen atoms in total. The van der Waals surface area contributed by atoms with Crippen LogP contribution in [-0.2, 0) is 0 Å². The van der Waals surface area contributed by atoms with Gasteiger partial charge in [-0.3, -0.25) is 14.6 Å². The van der Waals surface area contributed by atoms with E-state index in [-0.39, 0.29) is 5.56 Å². The van der Waals surface area contributed by atoms with Crippen molar-refractivity contribution in [1.29, 1.82) is 0 Å². The summed E-state index contributed by atoms with van der Waals surface area (Å²) < 4.78 is 11.5. The lowest BCUT2D eigenvalue weighted by Gasteiger charge is -2.12. The molecule has 0 spiro atoms. The Labute approximate surface area is 195 Å². The molecule has 0 aliphatic heterocycles. The molecule has 0 aliphatic carbocycles. The van der Waals surface area contributed by atoms with Crippen LogP contribution in [0, 0.1) is 6.92 Å². The first-order chi connectivity index (χ1) is 16.5. The Morgan fingerprint density at radius 2 is 1.76 bits per heavy atom. The molecule has 2 aromatic heterocycles. The number of benzene rings is 3. The van der Waals surface area contributed by atoms with Gasteiger partial charge < -0.3 is 19.8 Å². The summed E-state index contributed by atoms with van der Waals surface area (Å²) in [4.78, 5) is 32.2. The van der Waals surface area contributed by atoms with Crippen molar-refractivity contribution >= 4 is 33.4 Å². The zero-order valence-corrected chi connectivity index (χ0v) is 18.6. The van der Waals surface area contributed by atoms with E-state index in [0.717, 1.165) is 27.6 Å². The molecule has 0 unspecified atom stereocenters. The van der Waals surface area contributed by atoms with Crippen LogP contribution in [0.25, 0.3) is 21.8 Å². The fourth-order valence-corrected chi connectivity index (χ4v) is 3.81. The number of aromatic nitrogens is 2. The number of hydrogen-bond acceptors (Lipinski definition) is 5. The molecule has 0 radical (unpaired) electrons. The third-order valence-electron chi connectivity index (χ3n) is 5.56. The number of nitrogens with zero attached hydrogens (tertiary/aromatic N) is 1. The lowest BCUT2D eigenvalue weighted by atomic mass is 10.1. The second kappa shape index (κ2) is 8.71. The molecule has 0 saturated carbocycles. The SMILES string of the molecule is COc1cc2c(Oc3ccc(NC(=O)c4cc5ccccc5[nH]c4=O)cc3)ccnc2cc1C. The van der Waals surface area contributed by atoms with Crippen molar-refractivity contribution in [1.82, 2.24) is 9.97 Å². The highest BCUT2D eigenvalue weighted by atomic mass is 16.5. The number of fused-ring (bicyclic) bond motifs is 2. The minimum absolute atomic E-state index is 0.0477. The van der Waals surface area contributed by atoms with Crippen molar-refractivity contribution in [2.75, 3.05) is 12.4 Å². The molecule has 2 heterocycles. The van der Waals surface area contributed by atoms with Gasteiger partial charge in [0.15, 0.2) is 0 Å². The van der Waals surface area contributed by atoms with E-state index in [1.807, 2.05) is 37.3 Å². The van der Waals surface area contributed by atoms with Crippen LogP contribution >= 0.6 is 0 Å². The van der Waals surface area contributed by atoms with Gasteiger partial charge in [-0.05, 0) is 72.5 Å². The Balaban J connectivity index is 1.36. The van der Waals surface area contributed by atoms with Crippen molar-refractivity contribution in [3.8, 4) is 17.2 Å². The van der Waals surface area contributed by atoms with Gasteiger partial charge in [-0.2, -0.15) is 0 Å². The lowest BCUT2D eigenvalue weighted by Crippen LogP contribution is -2.22. The van der Waals surface area contributed by atoms with Crippen molar-refractivity contribution in [2.24, 2.45) is 0 Å². The Kier molecular flexibility index (Phi) is 5.43. The smallest absolute Gasteiger partial charge is 0.261 e. The number of carbonyl (C=O) groups is 1. The van der Waals surface area contributed by atoms with Gasteiger partial charge in [-0.15, -0.1) is 0 Å². The average Bonchev–Trinajstić information content (AvgIpc) is 2.84. The van der Waals surface area contributed by atoms with Crippen LogP contribution < -0.4 is 20.3 Å². The van der Waals surface area contributed by atoms with Crippen molar-refractivity contribution in [3.63, 3.8) is 0 Å². The summed E-state index contributed by atoms with van der Waals surface area (Å²) in [6, 6.07) is 21.5. The second-order valence-corrected chi connectivity index (χ2v) is 7.83. The minimum atomic E-state index is -0.483. The Morgan fingerprint density at radius 1 is 0.971 bits per heavy atom. The maximum atomic E-state index is 12.7. The molecule has 34 heavy (non-hydrogen) atoms. The topological polar surface area (TPSA) is 93.3 Å². The van der Waals surface area contributed by atoms with Crippen LogP contribution in [0.4, 0.5) is 5.69 Å². The zero-order valence-electron chi connectivity index (χ0n) is 18.6. The molecule has 0 fully saturated rings. The maximum absolute atomic E-state index is 12.7. The summed E-state index contributed by atoms with van der Waals surface area (Å²) in [6.07, 6.45) is 1.69. The first kappa shape index (κ1) is 21.2. The van der Waals surface area contributed by atoms with Crippen LogP contribution in [0.1, 0.15) is 15.9 Å². The summed E-state index contributed by atoms with van der Waals surface area (Å²) in [7, 11) is 1.63. The van der Waals surface area contributed by atoms with Crippen LogP contribution in [0.15, 0.2) is 83.8 Å². The number of nitrogens with one attached hydrogen (secondary N) is 2. The molecule has 3 aromatic carbocycles. The number of rotatable bonds is 5. The molecule has 168 valence electrons. The molecule has 5 aromatic rings. The van der Waals surface area contributed by atoms with E-state index in [2.05, 4.69) is 15.3 Å². The van der Waals surface area contributed by atoms with E-state index in [1.54, 1.807) is 55.8 Å². The van der Waals surface area contributed by atoms with Gasteiger partial charge >= 0.3 is 0 Å². The van der Waals surface area contributed by atoms with E-state index in [4.69, 9.17) is 9.47 Å². The fraction of sp³-hybridized carbons (Fsp3) is 0.0741. The van der Waals surface area contributed by atoms with Crippen LogP contribution in [-0.4, -0.2) is 23.0 Å². The number of anilines is 1. The summed E-state index contributed by atoms with van der Waals surface area (Å²) in [5.41, 5.74) is 2.63. The lowest BCUT2D eigenvalue weighted by molar-refractivity contribution is 0.102. The normalized spacial score (nSPS) is 10.9. The number of ether oxygens (including phenoxy) is 2.